The summed E-state index contributed by atoms with van der Waals surface area (Å²) < 4.78 is 11.4. The first-order chi connectivity index (χ1) is 24.8. The van der Waals surface area contributed by atoms with E-state index in [0.717, 1.165) is 45.2 Å². The van der Waals surface area contributed by atoms with Crippen molar-refractivity contribution in [2.75, 3.05) is 26.4 Å². The number of fused-ring (bicyclic) bond motifs is 5. The molecule has 0 radical (unpaired) electrons. The normalized spacial score (nSPS) is 11.9. The van der Waals surface area contributed by atoms with E-state index in [1.165, 1.54) is 33.4 Å². The highest BCUT2D eigenvalue weighted by atomic mass is 16.5. The van der Waals surface area contributed by atoms with Gasteiger partial charge in [0, 0.05) is 12.2 Å². The van der Waals surface area contributed by atoms with Crippen LogP contribution in [0.2, 0.25) is 0 Å². The molecule has 0 fully saturated rings. The maximum atomic E-state index is 9.25. The van der Waals surface area contributed by atoms with Gasteiger partial charge >= 0.3 is 11.9 Å². The maximum absolute atomic E-state index is 9.25. The first-order valence-electron chi connectivity index (χ1n) is 16.2. The summed E-state index contributed by atoms with van der Waals surface area (Å²) in [5.41, 5.74) is 6.94. The largest absolute Gasteiger partial charge is 0.491 e. The van der Waals surface area contributed by atoms with Crippen LogP contribution in [0.3, 0.4) is 0 Å². The minimum Gasteiger partial charge on any atom is -0.491 e. The van der Waals surface area contributed by atoms with Crippen LogP contribution in [0.1, 0.15) is 22.3 Å². The van der Waals surface area contributed by atoms with Gasteiger partial charge in [0.05, 0.1) is 18.6 Å². The molecule has 0 saturated carbocycles. The number of hydrogen-bond donors (Lipinski definition) is 4. The lowest BCUT2D eigenvalue weighted by Crippen LogP contribution is -2.28. The van der Waals surface area contributed by atoms with Crippen LogP contribution >= 0.6 is 0 Å². The summed E-state index contributed by atoms with van der Waals surface area (Å²) in [6.45, 7) is 6.45. The fourth-order valence-electron chi connectivity index (χ4n) is 6.44. The van der Waals surface area contributed by atoms with Crippen molar-refractivity contribution in [3.63, 3.8) is 0 Å². The molecule has 6 aromatic rings. The topological polar surface area (TPSA) is 134 Å². The van der Waals surface area contributed by atoms with E-state index in [2.05, 4.69) is 110 Å². The minimum atomic E-state index is -0.981. The number of carboxylic acids is 2. The Morgan fingerprint density at radius 3 is 1.27 bits per heavy atom. The van der Waals surface area contributed by atoms with Crippen molar-refractivity contribution in [1.29, 1.82) is 0 Å². The van der Waals surface area contributed by atoms with Gasteiger partial charge in [-0.2, -0.15) is 0 Å². The Morgan fingerprint density at radius 1 is 0.549 bits per heavy atom. The number of carboxylic acid groups (broad SMARTS) is 2. The molecule has 0 spiro atoms. The van der Waals surface area contributed by atoms with E-state index in [4.69, 9.17) is 29.9 Å². The molecule has 0 aromatic heterocycles. The Labute approximate surface area is 295 Å². The Morgan fingerprint density at radius 2 is 0.902 bits per heavy atom. The quantitative estimate of drug-likeness (QED) is 0.108. The number of rotatable bonds is 10. The number of hydrogen-bond acceptors (Lipinski definition) is 6. The van der Waals surface area contributed by atoms with E-state index in [0.29, 0.717) is 0 Å². The molecule has 1 aliphatic carbocycles. The van der Waals surface area contributed by atoms with E-state index in [1.807, 2.05) is 24.3 Å². The van der Waals surface area contributed by atoms with E-state index in [1.54, 1.807) is 0 Å². The number of benzene rings is 6. The summed E-state index contributed by atoms with van der Waals surface area (Å²) >= 11 is 0. The average Bonchev–Trinajstić information content (AvgIpc) is 3.47. The fraction of sp³-hybridized carbons (Fsp3) is 0.116. The van der Waals surface area contributed by atoms with E-state index in [9.17, 15) is 9.59 Å². The molecule has 0 amide bonds. The average molecular weight is 683 g/mol. The lowest BCUT2D eigenvalue weighted by molar-refractivity contribution is -0.132. The Kier molecular flexibility index (Phi) is 11.6. The van der Waals surface area contributed by atoms with Crippen molar-refractivity contribution in [3.05, 3.63) is 169 Å². The molecule has 0 heterocycles. The third-order valence-corrected chi connectivity index (χ3v) is 8.51. The number of carbonyl (C=O) groups is 2. The number of aliphatic hydroxyl groups excluding tert-OH is 2. The smallest absolute Gasteiger partial charge is 0.327 e. The van der Waals surface area contributed by atoms with Crippen LogP contribution in [0.25, 0.3) is 32.7 Å². The molecule has 4 N–H and O–H groups in total. The first-order valence-corrected chi connectivity index (χ1v) is 16.2. The summed E-state index contributed by atoms with van der Waals surface area (Å²) in [6.07, 6.45) is 1.67. The number of aliphatic hydroxyl groups is 2. The van der Waals surface area contributed by atoms with Crippen LogP contribution in [0.5, 0.6) is 11.5 Å². The second-order valence-corrected chi connectivity index (χ2v) is 11.5. The molecule has 0 atom stereocenters. The van der Waals surface area contributed by atoms with E-state index < -0.39 is 17.4 Å². The summed E-state index contributed by atoms with van der Waals surface area (Å²) in [7, 11) is 0. The molecule has 7 rings (SSSR count). The lowest BCUT2D eigenvalue weighted by Gasteiger charge is -2.34. The van der Waals surface area contributed by atoms with E-state index in [-0.39, 0.29) is 26.4 Å². The zero-order valence-electron chi connectivity index (χ0n) is 27.9. The van der Waals surface area contributed by atoms with Gasteiger partial charge in [-0.15, -0.1) is 0 Å². The van der Waals surface area contributed by atoms with Crippen LogP contribution in [0.15, 0.2) is 147 Å². The van der Waals surface area contributed by atoms with Crippen molar-refractivity contribution in [2.45, 2.75) is 5.41 Å². The van der Waals surface area contributed by atoms with E-state index >= 15 is 0 Å². The van der Waals surface area contributed by atoms with Crippen LogP contribution < -0.4 is 9.47 Å². The van der Waals surface area contributed by atoms with Crippen LogP contribution in [-0.2, 0) is 15.0 Å². The predicted octanol–water partition coefficient (Wildman–Crippen LogP) is 7.61. The molecule has 0 aliphatic heterocycles. The van der Waals surface area contributed by atoms with Gasteiger partial charge in [0.2, 0.25) is 0 Å². The Bertz CT molecular complexity index is 2050. The molecule has 8 nitrogen and oxygen atoms in total. The van der Waals surface area contributed by atoms with Crippen molar-refractivity contribution < 1.29 is 39.5 Å². The first kappa shape index (κ1) is 36.1. The highest BCUT2D eigenvalue weighted by molar-refractivity contribution is 5.92. The monoisotopic (exact) mass is 682 g/mol. The van der Waals surface area contributed by atoms with Crippen LogP contribution in [0.4, 0.5) is 0 Å². The SMILES string of the molecule is C=CC(=O)O.C=CC(=O)O.OCCOc1ccc2cc(C3(c4ccc5cc(OCCO)ccc5c4)c4ccccc4-c4ccccc43)ccc2c1. The van der Waals surface area contributed by atoms with Gasteiger partial charge < -0.3 is 29.9 Å². The molecule has 0 bridgehead atoms. The molecule has 258 valence electrons. The van der Waals surface area contributed by atoms with Gasteiger partial charge in [-0.25, -0.2) is 9.59 Å². The standard InChI is InChI=1S/C37H30O4.2C3H4O2/c38-17-19-40-31-15-11-25-21-29(13-9-27(25)23-31)37(35-7-3-1-5-33(35)34-6-2-4-8-36(34)37)30-14-10-28-24-32(41-20-18-39)16-12-26(28)22-30;2*1-2-3(4)5/h1-16,21-24,38-39H,17-20H2;2*2H,1H2,(H,4,5). The highest BCUT2D eigenvalue weighted by Crippen LogP contribution is 2.56. The molecule has 51 heavy (non-hydrogen) atoms. The van der Waals surface area contributed by atoms with Gasteiger partial charge in [0.15, 0.2) is 0 Å². The minimum absolute atomic E-state index is 0.0128. The fourth-order valence-corrected chi connectivity index (χ4v) is 6.44. The number of aliphatic carboxylic acids is 2. The summed E-state index contributed by atoms with van der Waals surface area (Å²) in [5.74, 6) is -0.458. The Balaban J connectivity index is 0.000000447. The maximum Gasteiger partial charge on any atom is 0.327 e. The summed E-state index contributed by atoms with van der Waals surface area (Å²) in [5, 5.41) is 38.0. The Hall–Kier alpha value is -6.22. The van der Waals surface area contributed by atoms with Crippen molar-refractivity contribution >= 4 is 33.5 Å². The van der Waals surface area contributed by atoms with Crippen molar-refractivity contribution in [1.82, 2.24) is 0 Å². The van der Waals surface area contributed by atoms with Crippen LogP contribution in [-0.4, -0.2) is 58.8 Å². The lowest BCUT2D eigenvalue weighted by atomic mass is 9.67. The summed E-state index contributed by atoms with van der Waals surface area (Å²) in [4.78, 5) is 18.5. The van der Waals surface area contributed by atoms with Gasteiger partial charge in [-0.1, -0.05) is 98.1 Å². The van der Waals surface area contributed by atoms with Crippen molar-refractivity contribution in [3.8, 4) is 22.6 Å². The second-order valence-electron chi connectivity index (χ2n) is 11.5. The molecular formula is C43H38O8. The molecule has 1 aliphatic rings. The predicted molar refractivity (Wildman–Crippen MR) is 200 cm³/mol. The van der Waals surface area contributed by atoms with Crippen LogP contribution in [0, 0.1) is 0 Å². The highest BCUT2D eigenvalue weighted by Gasteiger charge is 2.46. The molecular weight excluding hydrogens is 644 g/mol. The zero-order chi connectivity index (χ0) is 36.4. The molecule has 8 heteroatoms. The second kappa shape index (κ2) is 16.5. The van der Waals surface area contributed by atoms with Gasteiger partial charge in [0.1, 0.15) is 24.7 Å². The van der Waals surface area contributed by atoms with Gasteiger partial charge in [0.25, 0.3) is 0 Å². The van der Waals surface area contributed by atoms with Crippen molar-refractivity contribution in [2.24, 2.45) is 0 Å². The van der Waals surface area contributed by atoms with Gasteiger partial charge in [-0.05, 0) is 91.3 Å². The zero-order valence-corrected chi connectivity index (χ0v) is 27.9. The summed E-state index contributed by atoms with van der Waals surface area (Å²) in [6, 6.07) is 43.1. The third kappa shape index (κ3) is 7.68. The molecule has 0 unspecified atom stereocenters. The third-order valence-electron chi connectivity index (χ3n) is 8.51. The number of ether oxygens (including phenoxy) is 2. The molecule has 6 aromatic carbocycles. The van der Waals surface area contributed by atoms with Gasteiger partial charge in [-0.3, -0.25) is 0 Å². The molecule has 0 saturated heterocycles.